The molecule has 2 atom stereocenters. The van der Waals surface area contributed by atoms with E-state index in [-0.39, 0.29) is 11.8 Å². The Morgan fingerprint density at radius 3 is 2.61 bits per heavy atom. The average Bonchev–Trinajstić information content (AvgIpc) is 2.34. The number of amides is 1. The van der Waals surface area contributed by atoms with Gasteiger partial charge in [0.05, 0.1) is 5.92 Å². The second-order valence-electron chi connectivity index (χ2n) is 5.44. The summed E-state index contributed by atoms with van der Waals surface area (Å²) in [4.78, 5) is 13.7. The first kappa shape index (κ1) is 13.1. The van der Waals surface area contributed by atoms with Crippen molar-refractivity contribution in [3.8, 4) is 0 Å². The van der Waals surface area contributed by atoms with Gasteiger partial charge in [-0.3, -0.25) is 9.69 Å². The molecule has 98 valence electrons. The molecule has 0 aliphatic carbocycles. The molecule has 0 aromatic heterocycles. The molecule has 1 aromatic carbocycles. The number of hydrogen-bond acceptors (Lipinski definition) is 2. The molecule has 3 nitrogen and oxygen atoms in total. The van der Waals surface area contributed by atoms with E-state index < -0.39 is 0 Å². The fraction of sp³-hybridized carbons (Fsp3) is 0.533. The van der Waals surface area contributed by atoms with Gasteiger partial charge in [0.25, 0.3) is 0 Å². The Hall–Kier alpha value is -1.35. The molecule has 0 radical (unpaired) electrons. The van der Waals surface area contributed by atoms with Crippen molar-refractivity contribution >= 4 is 5.91 Å². The van der Waals surface area contributed by atoms with E-state index in [0.717, 1.165) is 25.9 Å². The summed E-state index contributed by atoms with van der Waals surface area (Å²) < 4.78 is 0. The number of primary amides is 1. The zero-order chi connectivity index (χ0) is 13.1. The quantitative estimate of drug-likeness (QED) is 0.887. The van der Waals surface area contributed by atoms with E-state index in [1.165, 1.54) is 11.1 Å². The Bertz CT molecular complexity index is 413. The standard InChI is InChI=1S/C15H22N2O/c1-11-3-6-13(7-4-11)9-17-10-14(15(16)18)8-5-12(17)2/h3-4,6-7,12,14H,5,8-10H2,1-2H3,(H2,16,18)/t12-,14+/m1/s1. The zero-order valence-electron chi connectivity index (χ0n) is 11.2. The maximum absolute atomic E-state index is 11.3. The third kappa shape index (κ3) is 3.10. The minimum Gasteiger partial charge on any atom is -0.369 e. The van der Waals surface area contributed by atoms with Gasteiger partial charge in [-0.25, -0.2) is 0 Å². The van der Waals surface area contributed by atoms with Crippen LogP contribution in [0, 0.1) is 12.8 Å². The molecular weight excluding hydrogens is 224 g/mol. The number of nitrogens with zero attached hydrogens (tertiary/aromatic N) is 1. The Morgan fingerprint density at radius 2 is 2.00 bits per heavy atom. The van der Waals surface area contributed by atoms with Gasteiger partial charge in [0.1, 0.15) is 0 Å². The second kappa shape index (κ2) is 5.53. The molecule has 1 aliphatic heterocycles. The number of carbonyl (C=O) groups is 1. The SMILES string of the molecule is Cc1ccc(CN2C[C@@H](C(N)=O)CC[C@H]2C)cc1. The molecule has 0 bridgehead atoms. The van der Waals surface area contributed by atoms with Crippen molar-refractivity contribution in [1.29, 1.82) is 0 Å². The normalized spacial score (nSPS) is 25.0. The number of rotatable bonds is 3. The van der Waals surface area contributed by atoms with Crippen molar-refractivity contribution in [1.82, 2.24) is 4.90 Å². The lowest BCUT2D eigenvalue weighted by Crippen LogP contribution is -2.45. The van der Waals surface area contributed by atoms with Gasteiger partial charge in [-0.1, -0.05) is 29.8 Å². The van der Waals surface area contributed by atoms with Crippen LogP contribution < -0.4 is 5.73 Å². The number of piperidine rings is 1. The van der Waals surface area contributed by atoms with Gasteiger partial charge in [-0.2, -0.15) is 0 Å². The molecule has 1 heterocycles. The smallest absolute Gasteiger partial charge is 0.221 e. The van der Waals surface area contributed by atoms with E-state index in [2.05, 4.69) is 43.0 Å². The van der Waals surface area contributed by atoms with Crippen molar-refractivity contribution in [2.24, 2.45) is 11.7 Å². The van der Waals surface area contributed by atoms with Gasteiger partial charge in [0, 0.05) is 19.1 Å². The number of carbonyl (C=O) groups excluding carboxylic acids is 1. The second-order valence-corrected chi connectivity index (χ2v) is 5.44. The number of benzene rings is 1. The summed E-state index contributed by atoms with van der Waals surface area (Å²) in [5, 5.41) is 0. The minimum absolute atomic E-state index is 0.0200. The summed E-state index contributed by atoms with van der Waals surface area (Å²) >= 11 is 0. The largest absolute Gasteiger partial charge is 0.369 e. The molecule has 0 saturated carbocycles. The Kier molecular flexibility index (Phi) is 4.02. The predicted molar refractivity (Wildman–Crippen MR) is 73.0 cm³/mol. The summed E-state index contributed by atoms with van der Waals surface area (Å²) in [6.07, 6.45) is 1.99. The van der Waals surface area contributed by atoms with Crippen molar-refractivity contribution < 1.29 is 4.79 Å². The van der Waals surface area contributed by atoms with Crippen LogP contribution in [0.25, 0.3) is 0 Å². The van der Waals surface area contributed by atoms with Crippen LogP contribution in [0.5, 0.6) is 0 Å². The molecule has 1 aromatic rings. The highest BCUT2D eigenvalue weighted by Gasteiger charge is 2.28. The minimum atomic E-state index is -0.157. The molecule has 1 aliphatic rings. The van der Waals surface area contributed by atoms with Crippen LogP contribution in [0.3, 0.4) is 0 Å². The van der Waals surface area contributed by atoms with Crippen LogP contribution in [-0.2, 0) is 11.3 Å². The molecule has 1 amide bonds. The van der Waals surface area contributed by atoms with Crippen molar-refractivity contribution in [2.75, 3.05) is 6.54 Å². The van der Waals surface area contributed by atoms with Crippen molar-refractivity contribution in [3.05, 3.63) is 35.4 Å². The highest BCUT2D eigenvalue weighted by Crippen LogP contribution is 2.23. The summed E-state index contributed by atoms with van der Waals surface area (Å²) in [7, 11) is 0. The van der Waals surface area contributed by atoms with Gasteiger partial charge in [0.2, 0.25) is 5.91 Å². The van der Waals surface area contributed by atoms with Gasteiger partial charge < -0.3 is 5.73 Å². The summed E-state index contributed by atoms with van der Waals surface area (Å²) in [5.74, 6) is -0.137. The Labute approximate surface area is 109 Å². The number of aryl methyl sites for hydroxylation is 1. The van der Waals surface area contributed by atoms with Crippen LogP contribution in [0.1, 0.15) is 30.9 Å². The lowest BCUT2D eigenvalue weighted by Gasteiger charge is -2.36. The average molecular weight is 246 g/mol. The number of hydrogen-bond donors (Lipinski definition) is 1. The van der Waals surface area contributed by atoms with E-state index in [4.69, 9.17) is 5.73 Å². The van der Waals surface area contributed by atoms with Crippen LogP contribution in [0.2, 0.25) is 0 Å². The predicted octanol–water partition coefficient (Wildman–Crippen LogP) is 2.08. The molecule has 18 heavy (non-hydrogen) atoms. The maximum atomic E-state index is 11.3. The lowest BCUT2D eigenvalue weighted by molar-refractivity contribution is -0.124. The molecule has 2 rings (SSSR count). The van der Waals surface area contributed by atoms with Gasteiger partial charge in [0.15, 0.2) is 0 Å². The van der Waals surface area contributed by atoms with Crippen LogP contribution in [0.15, 0.2) is 24.3 Å². The Balaban J connectivity index is 2.02. The Morgan fingerprint density at radius 1 is 1.33 bits per heavy atom. The van der Waals surface area contributed by atoms with Gasteiger partial charge in [-0.15, -0.1) is 0 Å². The molecule has 0 spiro atoms. The number of nitrogens with two attached hydrogens (primary N) is 1. The van der Waals surface area contributed by atoms with Crippen LogP contribution >= 0.6 is 0 Å². The first-order valence-electron chi connectivity index (χ1n) is 6.65. The molecule has 0 unspecified atom stereocenters. The fourth-order valence-electron chi connectivity index (χ4n) is 2.56. The van der Waals surface area contributed by atoms with Crippen LogP contribution in [0.4, 0.5) is 0 Å². The van der Waals surface area contributed by atoms with Crippen molar-refractivity contribution in [3.63, 3.8) is 0 Å². The van der Waals surface area contributed by atoms with E-state index in [0.29, 0.717) is 6.04 Å². The monoisotopic (exact) mass is 246 g/mol. The first-order valence-corrected chi connectivity index (χ1v) is 6.65. The summed E-state index contributed by atoms with van der Waals surface area (Å²) in [5.41, 5.74) is 8.00. The highest BCUT2D eigenvalue weighted by molar-refractivity contribution is 5.76. The maximum Gasteiger partial charge on any atom is 0.221 e. The van der Waals surface area contributed by atoms with Gasteiger partial charge in [-0.05, 0) is 32.3 Å². The molecule has 3 heteroatoms. The van der Waals surface area contributed by atoms with E-state index >= 15 is 0 Å². The number of likely N-dealkylation sites (tertiary alicyclic amines) is 1. The van der Waals surface area contributed by atoms with E-state index in [9.17, 15) is 4.79 Å². The first-order chi connectivity index (χ1) is 8.56. The van der Waals surface area contributed by atoms with Gasteiger partial charge >= 0.3 is 0 Å². The third-order valence-corrected chi connectivity index (χ3v) is 3.92. The third-order valence-electron chi connectivity index (χ3n) is 3.92. The van der Waals surface area contributed by atoms with Crippen molar-refractivity contribution in [2.45, 2.75) is 39.3 Å². The van der Waals surface area contributed by atoms with E-state index in [1.807, 2.05) is 0 Å². The molecule has 1 fully saturated rings. The highest BCUT2D eigenvalue weighted by atomic mass is 16.1. The van der Waals surface area contributed by atoms with Crippen LogP contribution in [-0.4, -0.2) is 23.4 Å². The molecular formula is C15H22N2O. The molecule has 1 saturated heterocycles. The fourth-order valence-corrected chi connectivity index (χ4v) is 2.56. The topological polar surface area (TPSA) is 46.3 Å². The van der Waals surface area contributed by atoms with E-state index in [1.54, 1.807) is 0 Å². The molecule has 2 N–H and O–H groups in total. The summed E-state index contributed by atoms with van der Waals surface area (Å²) in [6.45, 7) is 6.03. The lowest BCUT2D eigenvalue weighted by atomic mass is 9.92. The zero-order valence-corrected chi connectivity index (χ0v) is 11.2. The summed E-state index contributed by atoms with van der Waals surface area (Å²) in [6, 6.07) is 9.12.